The summed E-state index contributed by atoms with van der Waals surface area (Å²) in [6.45, 7) is 7.99. The predicted molar refractivity (Wildman–Crippen MR) is 101 cm³/mol. The number of carbonyl (C=O) groups is 2. The fourth-order valence-corrected chi connectivity index (χ4v) is 3.84. The van der Waals surface area contributed by atoms with Gasteiger partial charge in [0.05, 0.1) is 5.92 Å². The SMILES string of the molecule is Cc1cccc(N2CCN(CCC(=O)N3CCC(C(=O)O)CC3)CC2)c1. The molecule has 0 unspecified atom stereocenters. The number of piperidine rings is 1. The third-order valence-corrected chi connectivity index (χ3v) is 5.58. The minimum atomic E-state index is -0.733. The van der Waals surface area contributed by atoms with Crippen molar-refractivity contribution in [2.45, 2.75) is 26.2 Å². The highest BCUT2D eigenvalue weighted by Gasteiger charge is 2.27. The lowest BCUT2D eigenvalue weighted by atomic mass is 9.97. The number of aryl methyl sites for hydroxylation is 1. The van der Waals surface area contributed by atoms with Gasteiger partial charge < -0.3 is 14.9 Å². The summed E-state index contributed by atoms with van der Waals surface area (Å²) < 4.78 is 0. The molecule has 0 radical (unpaired) electrons. The Kier molecular flexibility index (Phi) is 6.14. The van der Waals surface area contributed by atoms with Crippen molar-refractivity contribution in [3.63, 3.8) is 0 Å². The van der Waals surface area contributed by atoms with Crippen molar-refractivity contribution in [3.8, 4) is 0 Å². The molecule has 2 fully saturated rings. The lowest BCUT2D eigenvalue weighted by molar-refractivity contribution is -0.145. The number of nitrogens with zero attached hydrogens (tertiary/aromatic N) is 3. The second-order valence-corrected chi connectivity index (χ2v) is 7.41. The number of aliphatic carboxylic acids is 1. The Morgan fingerprint density at radius 3 is 2.38 bits per heavy atom. The predicted octanol–water partition coefficient (Wildman–Crippen LogP) is 1.83. The molecule has 6 heteroatoms. The van der Waals surface area contributed by atoms with E-state index in [1.807, 2.05) is 4.90 Å². The van der Waals surface area contributed by atoms with Crippen LogP contribution in [0.4, 0.5) is 5.69 Å². The average molecular weight is 359 g/mol. The monoisotopic (exact) mass is 359 g/mol. The van der Waals surface area contributed by atoms with E-state index < -0.39 is 5.97 Å². The van der Waals surface area contributed by atoms with Crippen LogP contribution in [0.3, 0.4) is 0 Å². The van der Waals surface area contributed by atoms with Crippen LogP contribution < -0.4 is 4.90 Å². The molecule has 0 atom stereocenters. The smallest absolute Gasteiger partial charge is 0.306 e. The summed E-state index contributed by atoms with van der Waals surface area (Å²) in [6.07, 6.45) is 1.69. The second-order valence-electron chi connectivity index (χ2n) is 7.41. The van der Waals surface area contributed by atoms with Gasteiger partial charge in [0.25, 0.3) is 0 Å². The van der Waals surface area contributed by atoms with Crippen LogP contribution >= 0.6 is 0 Å². The molecule has 2 saturated heterocycles. The summed E-state index contributed by atoms with van der Waals surface area (Å²) in [6, 6.07) is 8.60. The Morgan fingerprint density at radius 1 is 1.08 bits per heavy atom. The number of hydrogen-bond acceptors (Lipinski definition) is 4. The van der Waals surface area contributed by atoms with Crippen molar-refractivity contribution in [1.29, 1.82) is 0 Å². The van der Waals surface area contributed by atoms with Gasteiger partial charge in [0.2, 0.25) is 5.91 Å². The number of carboxylic acids is 1. The molecule has 2 heterocycles. The molecule has 0 aliphatic carbocycles. The highest BCUT2D eigenvalue weighted by molar-refractivity contribution is 5.77. The van der Waals surface area contributed by atoms with E-state index in [2.05, 4.69) is 41.0 Å². The maximum Gasteiger partial charge on any atom is 0.306 e. The molecule has 0 aromatic heterocycles. The molecule has 2 aliphatic rings. The Balaban J connectivity index is 1.38. The molecular formula is C20H29N3O3. The fourth-order valence-electron chi connectivity index (χ4n) is 3.84. The van der Waals surface area contributed by atoms with Crippen LogP contribution in [0.5, 0.6) is 0 Å². The molecule has 142 valence electrons. The van der Waals surface area contributed by atoms with Crippen molar-refractivity contribution < 1.29 is 14.7 Å². The minimum absolute atomic E-state index is 0.162. The Bertz CT molecular complexity index is 633. The van der Waals surface area contributed by atoms with Crippen LogP contribution in [0.2, 0.25) is 0 Å². The summed E-state index contributed by atoms with van der Waals surface area (Å²) in [4.78, 5) is 30.0. The van der Waals surface area contributed by atoms with E-state index >= 15 is 0 Å². The van der Waals surface area contributed by atoms with E-state index in [-0.39, 0.29) is 11.8 Å². The number of anilines is 1. The number of benzene rings is 1. The van der Waals surface area contributed by atoms with Gasteiger partial charge in [0.1, 0.15) is 0 Å². The Hall–Kier alpha value is -2.08. The van der Waals surface area contributed by atoms with Crippen LogP contribution in [-0.4, -0.2) is 72.6 Å². The molecule has 1 aromatic rings. The standard InChI is InChI=1S/C20H29N3O3/c1-16-3-2-4-18(15-16)22-13-11-21(12-14-22)8-7-19(24)23-9-5-17(6-10-23)20(25)26/h2-4,15,17H,5-14H2,1H3,(H,25,26). The maximum absolute atomic E-state index is 12.4. The van der Waals surface area contributed by atoms with Crippen LogP contribution in [0.25, 0.3) is 0 Å². The first kappa shape index (κ1) is 18.7. The number of carboxylic acid groups (broad SMARTS) is 1. The lowest BCUT2D eigenvalue weighted by Crippen LogP contribution is -2.48. The molecule has 0 spiro atoms. The molecule has 6 nitrogen and oxygen atoms in total. The molecular weight excluding hydrogens is 330 g/mol. The van der Waals surface area contributed by atoms with E-state index in [9.17, 15) is 9.59 Å². The Labute approximate surface area is 155 Å². The quantitative estimate of drug-likeness (QED) is 0.869. The summed E-state index contributed by atoms with van der Waals surface area (Å²) in [7, 11) is 0. The zero-order chi connectivity index (χ0) is 18.5. The van der Waals surface area contributed by atoms with E-state index in [1.54, 1.807) is 0 Å². The average Bonchev–Trinajstić information content (AvgIpc) is 2.66. The molecule has 1 amide bonds. The summed E-state index contributed by atoms with van der Waals surface area (Å²) in [5.41, 5.74) is 2.56. The van der Waals surface area contributed by atoms with Crippen molar-refractivity contribution in [1.82, 2.24) is 9.80 Å². The fraction of sp³-hybridized carbons (Fsp3) is 0.600. The first-order chi connectivity index (χ1) is 12.5. The van der Waals surface area contributed by atoms with Crippen molar-refractivity contribution in [3.05, 3.63) is 29.8 Å². The van der Waals surface area contributed by atoms with Crippen LogP contribution in [0.15, 0.2) is 24.3 Å². The minimum Gasteiger partial charge on any atom is -0.481 e. The number of carbonyl (C=O) groups excluding carboxylic acids is 1. The molecule has 3 rings (SSSR count). The molecule has 0 saturated carbocycles. The largest absolute Gasteiger partial charge is 0.481 e. The van der Waals surface area contributed by atoms with Crippen LogP contribution in [0.1, 0.15) is 24.8 Å². The topological polar surface area (TPSA) is 64.1 Å². The molecule has 1 aromatic carbocycles. The Morgan fingerprint density at radius 2 is 1.77 bits per heavy atom. The van der Waals surface area contributed by atoms with Crippen LogP contribution in [-0.2, 0) is 9.59 Å². The third-order valence-electron chi connectivity index (χ3n) is 5.58. The molecule has 1 N–H and O–H groups in total. The van der Waals surface area contributed by atoms with E-state index in [4.69, 9.17) is 5.11 Å². The van der Waals surface area contributed by atoms with Gasteiger partial charge in [-0.05, 0) is 37.5 Å². The van der Waals surface area contributed by atoms with E-state index in [0.29, 0.717) is 32.4 Å². The van der Waals surface area contributed by atoms with Gasteiger partial charge >= 0.3 is 5.97 Å². The third kappa shape index (κ3) is 4.75. The van der Waals surface area contributed by atoms with Crippen molar-refractivity contribution in [2.75, 3.05) is 50.7 Å². The first-order valence-electron chi connectivity index (χ1n) is 9.57. The van der Waals surface area contributed by atoms with E-state index in [1.165, 1.54) is 11.3 Å². The summed E-state index contributed by atoms with van der Waals surface area (Å²) >= 11 is 0. The zero-order valence-electron chi connectivity index (χ0n) is 15.6. The number of hydrogen-bond donors (Lipinski definition) is 1. The zero-order valence-corrected chi connectivity index (χ0v) is 15.6. The number of amides is 1. The molecule has 26 heavy (non-hydrogen) atoms. The van der Waals surface area contributed by atoms with Gasteiger partial charge in [-0.2, -0.15) is 0 Å². The van der Waals surface area contributed by atoms with Crippen molar-refractivity contribution in [2.24, 2.45) is 5.92 Å². The highest BCUT2D eigenvalue weighted by Crippen LogP contribution is 2.19. The molecule has 2 aliphatic heterocycles. The lowest BCUT2D eigenvalue weighted by Gasteiger charge is -2.36. The number of rotatable bonds is 5. The van der Waals surface area contributed by atoms with Gasteiger partial charge in [-0.1, -0.05) is 12.1 Å². The highest BCUT2D eigenvalue weighted by atomic mass is 16.4. The summed E-state index contributed by atoms with van der Waals surface area (Å²) in [5, 5.41) is 9.04. The molecule has 0 bridgehead atoms. The van der Waals surface area contributed by atoms with Gasteiger partial charge in [0.15, 0.2) is 0 Å². The normalized spacial score (nSPS) is 19.6. The first-order valence-corrected chi connectivity index (χ1v) is 9.57. The van der Waals surface area contributed by atoms with Crippen LogP contribution in [0, 0.1) is 12.8 Å². The van der Waals surface area contributed by atoms with Gasteiger partial charge in [-0.15, -0.1) is 0 Å². The van der Waals surface area contributed by atoms with E-state index in [0.717, 1.165) is 32.7 Å². The van der Waals surface area contributed by atoms with Gasteiger partial charge in [-0.25, -0.2) is 0 Å². The van der Waals surface area contributed by atoms with Gasteiger partial charge in [0, 0.05) is 57.9 Å². The van der Waals surface area contributed by atoms with Crippen molar-refractivity contribution >= 4 is 17.6 Å². The van der Waals surface area contributed by atoms with Gasteiger partial charge in [-0.3, -0.25) is 14.5 Å². The summed E-state index contributed by atoms with van der Waals surface area (Å²) in [5.74, 6) is -0.854. The number of piperazine rings is 1. The maximum atomic E-state index is 12.4. The number of likely N-dealkylation sites (tertiary alicyclic amines) is 1. The second kappa shape index (κ2) is 8.54.